The van der Waals surface area contributed by atoms with Gasteiger partial charge in [-0.1, -0.05) is 48.0 Å². The molecule has 128 valence electrons. The van der Waals surface area contributed by atoms with Crippen LogP contribution in [0.2, 0.25) is 5.02 Å². The molecule has 1 amide bonds. The topological polar surface area (TPSA) is 72.2 Å². The molecule has 4 rings (SSSR count). The van der Waals surface area contributed by atoms with Crippen molar-refractivity contribution in [2.75, 3.05) is 0 Å². The molecule has 0 aliphatic heterocycles. The van der Waals surface area contributed by atoms with Crippen LogP contribution >= 0.6 is 11.6 Å². The lowest BCUT2D eigenvalue weighted by molar-refractivity contribution is -0.116. The van der Waals surface area contributed by atoms with E-state index in [-0.39, 0.29) is 5.91 Å². The number of fused-ring (bicyclic) bond motifs is 3. The third-order valence-electron chi connectivity index (χ3n) is 3.92. The van der Waals surface area contributed by atoms with E-state index in [2.05, 4.69) is 20.6 Å². The third kappa shape index (κ3) is 3.27. The van der Waals surface area contributed by atoms with E-state index in [4.69, 9.17) is 11.6 Å². The van der Waals surface area contributed by atoms with Crippen molar-refractivity contribution in [3.05, 3.63) is 77.2 Å². The molecule has 0 spiro atoms. The van der Waals surface area contributed by atoms with Gasteiger partial charge in [0, 0.05) is 28.4 Å². The first-order valence-electron chi connectivity index (χ1n) is 8.00. The summed E-state index contributed by atoms with van der Waals surface area (Å²) >= 11 is 5.93. The molecule has 0 atom stereocenters. The van der Waals surface area contributed by atoms with Crippen LogP contribution in [0.5, 0.6) is 0 Å². The summed E-state index contributed by atoms with van der Waals surface area (Å²) in [6.45, 7) is 0.396. The molecule has 26 heavy (non-hydrogen) atoms. The van der Waals surface area contributed by atoms with Crippen molar-refractivity contribution < 1.29 is 4.79 Å². The Kier molecular flexibility index (Phi) is 4.33. The van der Waals surface area contributed by atoms with Crippen LogP contribution in [0.1, 0.15) is 11.4 Å². The SMILES string of the molecule is O=C(/C=C/c1nnc2c3ccccc3cnn12)NCc1cccc(Cl)c1. The fraction of sp³-hybridized carbons (Fsp3) is 0.0526. The molecule has 0 saturated heterocycles. The molecular weight excluding hydrogens is 350 g/mol. The Morgan fingerprint density at radius 3 is 2.92 bits per heavy atom. The van der Waals surface area contributed by atoms with E-state index in [1.807, 2.05) is 42.5 Å². The lowest BCUT2D eigenvalue weighted by Crippen LogP contribution is -2.20. The van der Waals surface area contributed by atoms with Gasteiger partial charge in [0.2, 0.25) is 5.91 Å². The van der Waals surface area contributed by atoms with Gasteiger partial charge in [0.15, 0.2) is 11.5 Å². The van der Waals surface area contributed by atoms with Crippen molar-refractivity contribution in [2.45, 2.75) is 6.54 Å². The second-order valence-electron chi connectivity index (χ2n) is 5.71. The van der Waals surface area contributed by atoms with Gasteiger partial charge in [-0.25, -0.2) is 0 Å². The van der Waals surface area contributed by atoms with Gasteiger partial charge in [-0.3, -0.25) is 4.79 Å². The van der Waals surface area contributed by atoms with Crippen molar-refractivity contribution in [3.63, 3.8) is 0 Å². The number of rotatable bonds is 4. The van der Waals surface area contributed by atoms with Gasteiger partial charge >= 0.3 is 0 Å². The summed E-state index contributed by atoms with van der Waals surface area (Å²) in [5.41, 5.74) is 1.59. The molecule has 0 bridgehead atoms. The summed E-state index contributed by atoms with van der Waals surface area (Å²) in [6, 6.07) is 15.2. The van der Waals surface area contributed by atoms with E-state index in [0.717, 1.165) is 16.3 Å². The third-order valence-corrected chi connectivity index (χ3v) is 4.15. The van der Waals surface area contributed by atoms with Crippen LogP contribution in [0.4, 0.5) is 0 Å². The molecule has 7 heteroatoms. The molecular formula is C19H14ClN5O. The highest BCUT2D eigenvalue weighted by Gasteiger charge is 2.08. The minimum Gasteiger partial charge on any atom is -0.348 e. The maximum absolute atomic E-state index is 12.0. The minimum atomic E-state index is -0.234. The van der Waals surface area contributed by atoms with E-state index >= 15 is 0 Å². The zero-order chi connectivity index (χ0) is 17.9. The lowest BCUT2D eigenvalue weighted by Gasteiger charge is -2.02. The van der Waals surface area contributed by atoms with Gasteiger partial charge in [-0.05, 0) is 23.8 Å². The summed E-state index contributed by atoms with van der Waals surface area (Å²) < 4.78 is 1.61. The first-order valence-corrected chi connectivity index (χ1v) is 8.38. The van der Waals surface area contributed by atoms with Gasteiger partial charge in [-0.2, -0.15) is 9.61 Å². The quantitative estimate of drug-likeness (QED) is 0.565. The standard InChI is InChI=1S/C19H14ClN5O/c20-15-6-3-4-13(10-15)11-21-18(26)9-8-17-23-24-19-16-7-2-1-5-14(16)12-22-25(17)19/h1-10,12H,11H2,(H,21,26)/b9-8+. The number of carbonyl (C=O) groups excluding carboxylic acids is 1. The molecule has 2 aromatic heterocycles. The molecule has 4 aromatic rings. The maximum atomic E-state index is 12.0. The van der Waals surface area contributed by atoms with E-state index < -0.39 is 0 Å². The van der Waals surface area contributed by atoms with Crippen LogP contribution in [0.15, 0.2) is 60.8 Å². The predicted octanol–water partition coefficient (Wildman–Crippen LogP) is 3.26. The fourth-order valence-corrected chi connectivity index (χ4v) is 2.87. The first-order chi connectivity index (χ1) is 12.7. The van der Waals surface area contributed by atoms with E-state index in [0.29, 0.717) is 23.0 Å². The van der Waals surface area contributed by atoms with E-state index in [1.165, 1.54) is 6.08 Å². The number of benzene rings is 2. The maximum Gasteiger partial charge on any atom is 0.244 e. The highest BCUT2D eigenvalue weighted by Crippen LogP contribution is 2.17. The summed E-state index contributed by atoms with van der Waals surface area (Å²) in [4.78, 5) is 12.0. The van der Waals surface area contributed by atoms with Gasteiger partial charge < -0.3 is 5.32 Å². The molecule has 6 nitrogen and oxygen atoms in total. The number of nitrogens with one attached hydrogen (secondary N) is 1. The first kappa shape index (κ1) is 16.2. The number of nitrogens with zero attached hydrogens (tertiary/aromatic N) is 4. The Morgan fingerprint density at radius 1 is 1.15 bits per heavy atom. The van der Waals surface area contributed by atoms with Crippen molar-refractivity contribution >= 4 is 40.0 Å². The van der Waals surface area contributed by atoms with Crippen LogP contribution in [0, 0.1) is 0 Å². The molecule has 2 aromatic carbocycles. The van der Waals surface area contributed by atoms with Crippen LogP contribution in [-0.4, -0.2) is 25.7 Å². The molecule has 0 radical (unpaired) electrons. The van der Waals surface area contributed by atoms with Crippen molar-refractivity contribution in [3.8, 4) is 0 Å². The molecule has 0 unspecified atom stereocenters. The van der Waals surface area contributed by atoms with Crippen molar-refractivity contribution in [1.82, 2.24) is 25.1 Å². The van der Waals surface area contributed by atoms with Crippen LogP contribution in [0.25, 0.3) is 22.5 Å². The predicted molar refractivity (Wildman–Crippen MR) is 101 cm³/mol. The molecule has 0 aliphatic carbocycles. The van der Waals surface area contributed by atoms with Crippen LogP contribution < -0.4 is 5.32 Å². The van der Waals surface area contributed by atoms with Gasteiger partial charge in [0.05, 0.1) is 6.20 Å². The van der Waals surface area contributed by atoms with Crippen LogP contribution in [-0.2, 0) is 11.3 Å². The van der Waals surface area contributed by atoms with Crippen LogP contribution in [0.3, 0.4) is 0 Å². The largest absolute Gasteiger partial charge is 0.348 e. The van der Waals surface area contributed by atoms with Gasteiger partial charge in [0.25, 0.3) is 0 Å². The number of amides is 1. The molecule has 0 fully saturated rings. The normalized spacial score (nSPS) is 11.4. The number of halogens is 1. The fourth-order valence-electron chi connectivity index (χ4n) is 2.66. The second kappa shape index (κ2) is 6.93. The summed E-state index contributed by atoms with van der Waals surface area (Å²) in [5.74, 6) is 0.256. The Bertz CT molecular complexity index is 1140. The number of aromatic nitrogens is 4. The lowest BCUT2D eigenvalue weighted by atomic mass is 10.2. The highest BCUT2D eigenvalue weighted by atomic mass is 35.5. The zero-order valence-corrected chi connectivity index (χ0v) is 14.4. The monoisotopic (exact) mass is 363 g/mol. The Balaban J connectivity index is 1.51. The minimum absolute atomic E-state index is 0.234. The van der Waals surface area contributed by atoms with Gasteiger partial charge in [0.1, 0.15) is 0 Å². The van der Waals surface area contributed by atoms with Crippen molar-refractivity contribution in [1.29, 1.82) is 0 Å². The van der Waals surface area contributed by atoms with Crippen molar-refractivity contribution in [2.24, 2.45) is 0 Å². The number of hydrogen-bond acceptors (Lipinski definition) is 4. The zero-order valence-electron chi connectivity index (χ0n) is 13.6. The Morgan fingerprint density at radius 2 is 2.04 bits per heavy atom. The Labute approximate surface area is 154 Å². The summed E-state index contributed by atoms with van der Waals surface area (Å²) in [5, 5.41) is 18.0. The molecule has 0 saturated carbocycles. The molecule has 1 N–H and O–H groups in total. The average Bonchev–Trinajstić information content (AvgIpc) is 3.08. The summed E-state index contributed by atoms with van der Waals surface area (Å²) in [7, 11) is 0. The number of hydrogen-bond donors (Lipinski definition) is 1. The van der Waals surface area contributed by atoms with E-state index in [9.17, 15) is 4.79 Å². The second-order valence-corrected chi connectivity index (χ2v) is 6.14. The smallest absolute Gasteiger partial charge is 0.244 e. The average molecular weight is 364 g/mol. The summed E-state index contributed by atoms with van der Waals surface area (Å²) in [6.07, 6.45) is 4.76. The molecule has 2 heterocycles. The molecule has 0 aliphatic rings. The van der Waals surface area contributed by atoms with Gasteiger partial charge in [-0.15, -0.1) is 10.2 Å². The Hall–Kier alpha value is -3.25. The highest BCUT2D eigenvalue weighted by molar-refractivity contribution is 6.30. The van der Waals surface area contributed by atoms with E-state index in [1.54, 1.807) is 22.9 Å². The number of carbonyl (C=O) groups is 1.